The third-order valence-corrected chi connectivity index (χ3v) is 6.10. The number of aromatic nitrogens is 2. The Morgan fingerprint density at radius 3 is 2.44 bits per heavy atom. The van der Waals surface area contributed by atoms with Crippen molar-refractivity contribution in [2.24, 2.45) is 0 Å². The summed E-state index contributed by atoms with van der Waals surface area (Å²) in [7, 11) is 1.93. The first-order chi connectivity index (χ1) is 17.2. The highest BCUT2D eigenvalue weighted by Crippen LogP contribution is 2.34. The van der Waals surface area contributed by atoms with Gasteiger partial charge in [-0.15, -0.1) is 0 Å². The summed E-state index contributed by atoms with van der Waals surface area (Å²) < 4.78 is 0. The van der Waals surface area contributed by atoms with Crippen LogP contribution in [0.5, 0.6) is 0 Å². The maximum absolute atomic E-state index is 12.8. The summed E-state index contributed by atoms with van der Waals surface area (Å²) in [5.74, 6) is 1.07. The lowest BCUT2D eigenvalue weighted by molar-refractivity contribution is -0.120. The van der Waals surface area contributed by atoms with Crippen LogP contribution in [0.3, 0.4) is 0 Å². The SMILES string of the molecule is Cc1cc(Cl)ccc1-c1nc(NCCNc2ccc(N([O-])O)c(N)n2)ccc1N1CCN(C)CC1=O. The first kappa shape index (κ1) is 25.5. The summed E-state index contributed by atoms with van der Waals surface area (Å²) in [6.45, 7) is 4.69. The smallest absolute Gasteiger partial charge is 0.241 e. The van der Waals surface area contributed by atoms with Gasteiger partial charge in [-0.3, -0.25) is 14.9 Å². The quantitative estimate of drug-likeness (QED) is 0.262. The number of nitrogen functional groups attached to an aromatic ring is 1. The molecule has 1 aliphatic rings. The summed E-state index contributed by atoms with van der Waals surface area (Å²) >= 11 is 6.18. The monoisotopic (exact) mass is 511 g/mol. The average molecular weight is 512 g/mol. The highest BCUT2D eigenvalue weighted by molar-refractivity contribution is 6.30. The second-order valence-electron chi connectivity index (χ2n) is 8.53. The minimum absolute atomic E-state index is 0.0300. The van der Waals surface area contributed by atoms with Crippen molar-refractivity contribution in [3.05, 3.63) is 58.3 Å². The third-order valence-electron chi connectivity index (χ3n) is 5.87. The van der Waals surface area contributed by atoms with E-state index in [1.807, 2.05) is 49.2 Å². The number of amides is 1. The number of carbonyl (C=O) groups excluding carboxylic acids is 1. The molecule has 5 N–H and O–H groups in total. The van der Waals surface area contributed by atoms with Crippen LogP contribution in [0.1, 0.15) is 5.56 Å². The minimum Gasteiger partial charge on any atom is -0.733 e. The predicted octanol–water partition coefficient (Wildman–Crippen LogP) is 3.18. The molecule has 12 heteroatoms. The number of nitrogens with one attached hydrogen (secondary N) is 2. The Bertz CT molecular complexity index is 1260. The summed E-state index contributed by atoms with van der Waals surface area (Å²) in [5.41, 5.74) is 8.90. The van der Waals surface area contributed by atoms with E-state index in [0.717, 1.165) is 23.4 Å². The Balaban J connectivity index is 1.51. The Kier molecular flexibility index (Phi) is 7.75. The van der Waals surface area contributed by atoms with Gasteiger partial charge in [0.15, 0.2) is 5.82 Å². The molecule has 0 bridgehead atoms. The van der Waals surface area contributed by atoms with Crippen LogP contribution >= 0.6 is 11.6 Å². The van der Waals surface area contributed by atoms with Gasteiger partial charge in [0.05, 0.1) is 23.6 Å². The summed E-state index contributed by atoms with van der Waals surface area (Å²) in [6.07, 6.45) is 0. The van der Waals surface area contributed by atoms with Crippen molar-refractivity contribution in [1.82, 2.24) is 14.9 Å². The van der Waals surface area contributed by atoms with Gasteiger partial charge in [-0.25, -0.2) is 9.97 Å². The molecule has 1 aliphatic heterocycles. The zero-order valence-electron chi connectivity index (χ0n) is 20.0. The Hall–Kier alpha value is -3.64. The lowest BCUT2D eigenvalue weighted by Gasteiger charge is -2.33. The first-order valence-corrected chi connectivity index (χ1v) is 11.8. The number of halogens is 1. The van der Waals surface area contributed by atoms with Crippen LogP contribution in [0.15, 0.2) is 42.5 Å². The molecule has 1 aromatic carbocycles. The maximum Gasteiger partial charge on any atom is 0.241 e. The number of benzene rings is 1. The average Bonchev–Trinajstić information content (AvgIpc) is 2.82. The molecular formula is C24H28ClN8O3-. The van der Waals surface area contributed by atoms with Crippen LogP contribution in [-0.2, 0) is 4.79 Å². The third kappa shape index (κ3) is 5.77. The number of aryl methyl sites for hydroxylation is 1. The molecule has 0 radical (unpaired) electrons. The van der Waals surface area contributed by atoms with E-state index in [-0.39, 0.29) is 22.6 Å². The number of likely N-dealkylation sites (N-methyl/N-ethyl adjacent to an activating group) is 1. The molecular weight excluding hydrogens is 484 g/mol. The molecule has 1 fully saturated rings. The topological polar surface area (TPSA) is 146 Å². The highest BCUT2D eigenvalue weighted by Gasteiger charge is 2.26. The fourth-order valence-electron chi connectivity index (χ4n) is 4.01. The lowest BCUT2D eigenvalue weighted by atomic mass is 10.0. The standard InChI is InChI=1S/C24H28ClN8O3/c1-15-13-16(25)3-4-17(15)23-18(32-12-11-31(2)14-22(32)34)5-7-20(29-23)27-9-10-28-21-8-6-19(33(35)36)24(26)30-21/h3-8,13,35H,9-12,14H2,1-2H3,(H,27,29)(H3,26,28,30)/q-1. The molecule has 2 aromatic heterocycles. The number of hydrogen-bond donors (Lipinski definition) is 4. The van der Waals surface area contributed by atoms with Crippen LogP contribution in [0.2, 0.25) is 5.02 Å². The second-order valence-corrected chi connectivity index (χ2v) is 8.97. The Morgan fingerprint density at radius 1 is 1.11 bits per heavy atom. The number of pyridine rings is 2. The fourth-order valence-corrected chi connectivity index (χ4v) is 4.24. The van der Waals surface area contributed by atoms with Gasteiger partial charge in [0, 0.05) is 36.8 Å². The Morgan fingerprint density at radius 2 is 1.81 bits per heavy atom. The normalized spacial score (nSPS) is 14.1. The van der Waals surface area contributed by atoms with Gasteiger partial charge in [-0.05, 0) is 55.9 Å². The van der Waals surface area contributed by atoms with Gasteiger partial charge < -0.3 is 31.7 Å². The molecule has 0 aliphatic carbocycles. The van der Waals surface area contributed by atoms with E-state index in [1.165, 1.54) is 6.07 Å². The molecule has 4 rings (SSSR count). The van der Waals surface area contributed by atoms with E-state index >= 15 is 0 Å². The van der Waals surface area contributed by atoms with Crippen molar-refractivity contribution in [1.29, 1.82) is 0 Å². The van der Waals surface area contributed by atoms with Gasteiger partial charge in [0.2, 0.25) is 5.91 Å². The molecule has 0 unspecified atom stereocenters. The number of hydrogen-bond acceptors (Lipinski definition) is 10. The maximum atomic E-state index is 12.8. The van der Waals surface area contributed by atoms with Crippen molar-refractivity contribution in [3.8, 4) is 11.3 Å². The highest BCUT2D eigenvalue weighted by atomic mass is 35.5. The number of piperazine rings is 1. The molecule has 3 heterocycles. The number of rotatable bonds is 8. The number of nitrogens with two attached hydrogens (primary N) is 1. The van der Waals surface area contributed by atoms with Crippen LogP contribution in [0.25, 0.3) is 11.3 Å². The molecule has 0 atom stereocenters. The van der Waals surface area contributed by atoms with Gasteiger partial charge in [-0.2, -0.15) is 0 Å². The van der Waals surface area contributed by atoms with E-state index < -0.39 is 0 Å². The lowest BCUT2D eigenvalue weighted by Crippen LogP contribution is -2.49. The summed E-state index contributed by atoms with van der Waals surface area (Å²) in [5, 5.41) is 26.7. The van der Waals surface area contributed by atoms with Crippen molar-refractivity contribution in [2.45, 2.75) is 6.92 Å². The van der Waals surface area contributed by atoms with Gasteiger partial charge in [0.25, 0.3) is 0 Å². The molecule has 1 amide bonds. The summed E-state index contributed by atoms with van der Waals surface area (Å²) in [4.78, 5) is 25.5. The van der Waals surface area contributed by atoms with E-state index in [9.17, 15) is 10.0 Å². The van der Waals surface area contributed by atoms with Crippen LogP contribution in [0, 0.1) is 12.1 Å². The van der Waals surface area contributed by atoms with E-state index in [0.29, 0.717) is 48.5 Å². The van der Waals surface area contributed by atoms with Crippen molar-refractivity contribution < 1.29 is 10.0 Å². The summed E-state index contributed by atoms with van der Waals surface area (Å²) in [6, 6.07) is 12.3. The molecule has 36 heavy (non-hydrogen) atoms. The zero-order chi connectivity index (χ0) is 25.8. The Labute approximate surface area is 214 Å². The number of nitrogens with zero attached hydrogens (tertiary/aromatic N) is 5. The first-order valence-electron chi connectivity index (χ1n) is 11.4. The van der Waals surface area contributed by atoms with Crippen LogP contribution in [0.4, 0.5) is 28.8 Å². The molecule has 3 aromatic rings. The molecule has 190 valence electrons. The number of carbonyl (C=O) groups is 1. The van der Waals surface area contributed by atoms with Gasteiger partial charge in [-0.1, -0.05) is 17.7 Å². The van der Waals surface area contributed by atoms with E-state index in [4.69, 9.17) is 27.5 Å². The van der Waals surface area contributed by atoms with Crippen molar-refractivity contribution in [2.75, 3.05) is 66.3 Å². The largest absolute Gasteiger partial charge is 0.733 e. The molecule has 1 saturated heterocycles. The number of anilines is 5. The molecule has 0 saturated carbocycles. The predicted molar refractivity (Wildman–Crippen MR) is 143 cm³/mol. The van der Waals surface area contributed by atoms with Gasteiger partial charge in [0.1, 0.15) is 11.6 Å². The van der Waals surface area contributed by atoms with Crippen molar-refractivity contribution >= 4 is 46.3 Å². The van der Waals surface area contributed by atoms with E-state index in [1.54, 1.807) is 11.0 Å². The molecule has 0 spiro atoms. The van der Waals surface area contributed by atoms with E-state index in [2.05, 4.69) is 15.6 Å². The second kappa shape index (κ2) is 11.0. The van der Waals surface area contributed by atoms with Gasteiger partial charge >= 0.3 is 0 Å². The fraction of sp³-hybridized carbons (Fsp3) is 0.292. The minimum atomic E-state index is -0.321. The zero-order valence-corrected chi connectivity index (χ0v) is 20.8. The van der Waals surface area contributed by atoms with Crippen molar-refractivity contribution in [3.63, 3.8) is 0 Å². The van der Waals surface area contributed by atoms with Crippen LogP contribution in [-0.4, -0.2) is 65.8 Å². The van der Waals surface area contributed by atoms with Crippen LogP contribution < -0.4 is 26.5 Å². The molecule has 11 nitrogen and oxygen atoms in total.